The Bertz CT molecular complexity index is 686. The first-order valence-electron chi connectivity index (χ1n) is 5.24. The van der Waals surface area contributed by atoms with Gasteiger partial charge in [-0.25, -0.2) is 9.50 Å². The van der Waals surface area contributed by atoms with Crippen LogP contribution in [0.25, 0.3) is 16.9 Å². The second kappa shape index (κ2) is 3.76. The van der Waals surface area contributed by atoms with Crippen LogP contribution in [0, 0.1) is 12.3 Å². The third-order valence-electron chi connectivity index (χ3n) is 2.56. The molecule has 0 bridgehead atoms. The van der Waals surface area contributed by atoms with Gasteiger partial charge in [0.2, 0.25) is 0 Å². The molecular formula is C14H9N3. The highest BCUT2D eigenvalue weighted by Crippen LogP contribution is 2.19. The zero-order valence-electron chi connectivity index (χ0n) is 9.04. The molecule has 3 heteroatoms. The minimum Gasteiger partial charge on any atom is -0.237 e. The molecule has 0 spiro atoms. The third-order valence-corrected chi connectivity index (χ3v) is 2.56. The summed E-state index contributed by atoms with van der Waals surface area (Å²) in [6, 6.07) is 11.6. The number of nitrogens with zero attached hydrogens (tertiary/aromatic N) is 3. The van der Waals surface area contributed by atoms with E-state index in [-0.39, 0.29) is 0 Å². The number of hydrogen-bond donors (Lipinski definition) is 0. The van der Waals surface area contributed by atoms with Gasteiger partial charge in [-0.05, 0) is 18.2 Å². The fourth-order valence-corrected chi connectivity index (χ4v) is 1.74. The van der Waals surface area contributed by atoms with E-state index in [1.165, 1.54) is 0 Å². The fourth-order valence-electron chi connectivity index (χ4n) is 1.74. The van der Waals surface area contributed by atoms with Crippen LogP contribution in [-0.4, -0.2) is 14.6 Å². The summed E-state index contributed by atoms with van der Waals surface area (Å²) >= 11 is 0. The second-order valence-corrected chi connectivity index (χ2v) is 3.68. The Labute approximate surface area is 98.7 Å². The van der Waals surface area contributed by atoms with Crippen molar-refractivity contribution < 1.29 is 0 Å². The molecule has 0 unspecified atom stereocenters. The lowest BCUT2D eigenvalue weighted by Gasteiger charge is -1.96. The standard InChI is InChI=1S/C14H9N3/c1-2-11-5-3-6-12(9-11)13-10-14-15-7-4-8-17(14)16-13/h1,3-10H. The predicted molar refractivity (Wildman–Crippen MR) is 66.4 cm³/mol. The van der Waals surface area contributed by atoms with Crippen LogP contribution in [0.4, 0.5) is 0 Å². The molecule has 0 amide bonds. The van der Waals surface area contributed by atoms with E-state index in [2.05, 4.69) is 16.0 Å². The van der Waals surface area contributed by atoms with E-state index < -0.39 is 0 Å². The minimum atomic E-state index is 0.827. The van der Waals surface area contributed by atoms with Crippen LogP contribution >= 0.6 is 0 Å². The van der Waals surface area contributed by atoms with Crippen molar-refractivity contribution >= 4 is 5.65 Å². The first kappa shape index (κ1) is 9.61. The largest absolute Gasteiger partial charge is 0.237 e. The van der Waals surface area contributed by atoms with Crippen molar-refractivity contribution in [3.05, 3.63) is 54.4 Å². The van der Waals surface area contributed by atoms with Crippen molar-refractivity contribution in [3.8, 4) is 23.6 Å². The first-order chi connectivity index (χ1) is 8.36. The van der Waals surface area contributed by atoms with Crippen LogP contribution < -0.4 is 0 Å². The molecule has 0 aliphatic heterocycles. The van der Waals surface area contributed by atoms with Gasteiger partial charge in [0.1, 0.15) is 0 Å². The zero-order chi connectivity index (χ0) is 11.7. The number of rotatable bonds is 1. The molecule has 0 fully saturated rings. The molecule has 0 aliphatic carbocycles. The number of aromatic nitrogens is 3. The van der Waals surface area contributed by atoms with Crippen molar-refractivity contribution in [2.45, 2.75) is 0 Å². The van der Waals surface area contributed by atoms with Crippen LogP contribution in [0.2, 0.25) is 0 Å². The van der Waals surface area contributed by atoms with Gasteiger partial charge in [0.15, 0.2) is 5.65 Å². The Morgan fingerprint density at radius 1 is 1.18 bits per heavy atom. The summed E-state index contributed by atoms with van der Waals surface area (Å²) in [7, 11) is 0. The Kier molecular flexibility index (Phi) is 2.13. The summed E-state index contributed by atoms with van der Waals surface area (Å²) in [6.45, 7) is 0. The van der Waals surface area contributed by atoms with E-state index in [1.54, 1.807) is 10.7 Å². The van der Waals surface area contributed by atoms with E-state index >= 15 is 0 Å². The second-order valence-electron chi connectivity index (χ2n) is 3.68. The Morgan fingerprint density at radius 2 is 2.12 bits per heavy atom. The van der Waals surface area contributed by atoms with Gasteiger partial charge in [-0.3, -0.25) is 0 Å². The van der Waals surface area contributed by atoms with Crippen LogP contribution in [0.15, 0.2) is 48.8 Å². The van der Waals surface area contributed by atoms with Gasteiger partial charge < -0.3 is 0 Å². The van der Waals surface area contributed by atoms with Crippen LogP contribution in [0.3, 0.4) is 0 Å². The average molecular weight is 219 g/mol. The van der Waals surface area contributed by atoms with Gasteiger partial charge >= 0.3 is 0 Å². The molecule has 80 valence electrons. The van der Waals surface area contributed by atoms with E-state index in [0.29, 0.717) is 0 Å². The van der Waals surface area contributed by atoms with Gasteiger partial charge in [-0.2, -0.15) is 5.10 Å². The van der Waals surface area contributed by atoms with Gasteiger partial charge in [-0.1, -0.05) is 18.1 Å². The van der Waals surface area contributed by atoms with Crippen LogP contribution in [0.5, 0.6) is 0 Å². The summed E-state index contributed by atoms with van der Waals surface area (Å²) in [6.07, 6.45) is 9.00. The molecular weight excluding hydrogens is 210 g/mol. The molecule has 0 atom stereocenters. The number of terminal acetylenes is 1. The molecule has 2 heterocycles. The molecule has 0 N–H and O–H groups in total. The molecule has 1 aromatic carbocycles. The molecule has 0 saturated heterocycles. The number of fused-ring (bicyclic) bond motifs is 1. The highest BCUT2D eigenvalue weighted by atomic mass is 15.2. The smallest absolute Gasteiger partial charge is 0.155 e. The van der Waals surface area contributed by atoms with E-state index in [0.717, 1.165) is 22.5 Å². The molecule has 2 aromatic heterocycles. The highest BCUT2D eigenvalue weighted by molar-refractivity contribution is 5.65. The summed E-state index contributed by atoms with van der Waals surface area (Å²) in [4.78, 5) is 4.23. The average Bonchev–Trinajstić information content (AvgIpc) is 2.82. The molecule has 0 radical (unpaired) electrons. The third kappa shape index (κ3) is 1.66. The summed E-state index contributed by atoms with van der Waals surface area (Å²) in [5.41, 5.74) is 3.56. The van der Waals surface area contributed by atoms with Crippen molar-refractivity contribution in [2.24, 2.45) is 0 Å². The molecule has 3 rings (SSSR count). The lowest BCUT2D eigenvalue weighted by molar-refractivity contribution is 0.943. The quantitative estimate of drug-likeness (QED) is 0.588. The molecule has 0 saturated carbocycles. The van der Waals surface area contributed by atoms with Crippen molar-refractivity contribution in [2.75, 3.05) is 0 Å². The van der Waals surface area contributed by atoms with Crippen molar-refractivity contribution in [3.63, 3.8) is 0 Å². The molecule has 3 aromatic rings. The normalized spacial score (nSPS) is 10.3. The SMILES string of the molecule is C#Cc1cccc(-c2cc3ncccn3n2)c1. The first-order valence-corrected chi connectivity index (χ1v) is 5.24. The van der Waals surface area contributed by atoms with Gasteiger partial charge in [0.05, 0.1) is 5.69 Å². The topological polar surface area (TPSA) is 30.2 Å². The van der Waals surface area contributed by atoms with Gasteiger partial charge in [0, 0.05) is 29.6 Å². The summed E-state index contributed by atoms with van der Waals surface area (Å²) in [5, 5.41) is 4.44. The van der Waals surface area contributed by atoms with E-state index in [1.807, 2.05) is 42.6 Å². The van der Waals surface area contributed by atoms with Crippen molar-refractivity contribution in [1.82, 2.24) is 14.6 Å². The predicted octanol–water partition coefficient (Wildman–Crippen LogP) is 2.38. The van der Waals surface area contributed by atoms with Gasteiger partial charge in [0.25, 0.3) is 0 Å². The van der Waals surface area contributed by atoms with Crippen LogP contribution in [-0.2, 0) is 0 Å². The van der Waals surface area contributed by atoms with Crippen LogP contribution in [0.1, 0.15) is 5.56 Å². The lowest BCUT2D eigenvalue weighted by atomic mass is 10.1. The maximum absolute atomic E-state index is 5.38. The Hall–Kier alpha value is -2.60. The van der Waals surface area contributed by atoms with E-state index in [4.69, 9.17) is 6.42 Å². The summed E-state index contributed by atoms with van der Waals surface area (Å²) in [5.74, 6) is 2.62. The van der Waals surface area contributed by atoms with Crippen molar-refractivity contribution in [1.29, 1.82) is 0 Å². The van der Waals surface area contributed by atoms with Gasteiger partial charge in [-0.15, -0.1) is 6.42 Å². The number of hydrogen-bond acceptors (Lipinski definition) is 2. The fraction of sp³-hybridized carbons (Fsp3) is 0. The van der Waals surface area contributed by atoms with E-state index in [9.17, 15) is 0 Å². The molecule has 3 nitrogen and oxygen atoms in total. The maximum Gasteiger partial charge on any atom is 0.155 e. The monoisotopic (exact) mass is 219 g/mol. The molecule has 0 aliphatic rings. The zero-order valence-corrected chi connectivity index (χ0v) is 9.04. The number of benzene rings is 1. The minimum absolute atomic E-state index is 0.827. The Morgan fingerprint density at radius 3 is 2.94 bits per heavy atom. The Balaban J connectivity index is 2.17. The molecule has 17 heavy (non-hydrogen) atoms. The lowest BCUT2D eigenvalue weighted by Crippen LogP contribution is -1.87. The summed E-state index contributed by atoms with van der Waals surface area (Å²) < 4.78 is 1.75. The highest BCUT2D eigenvalue weighted by Gasteiger charge is 2.04. The maximum atomic E-state index is 5.38.